The molecule has 0 unspecified atom stereocenters. The second-order valence-corrected chi connectivity index (χ2v) is 5.20. The molecule has 0 amide bonds. The molecule has 0 spiro atoms. The predicted molar refractivity (Wildman–Crippen MR) is 77.1 cm³/mol. The Labute approximate surface area is 120 Å². The molecule has 0 aliphatic rings. The highest BCUT2D eigenvalue weighted by Gasteiger charge is 2.25. The van der Waals surface area contributed by atoms with E-state index in [1.807, 2.05) is 44.2 Å². The van der Waals surface area contributed by atoms with Gasteiger partial charge in [0.1, 0.15) is 0 Å². The van der Waals surface area contributed by atoms with Crippen LogP contribution in [0.1, 0.15) is 26.3 Å². The molecule has 1 aromatic carbocycles. The first-order valence-corrected chi connectivity index (χ1v) is 6.94. The van der Waals surface area contributed by atoms with Crippen LogP contribution in [0.2, 0.25) is 0 Å². The lowest BCUT2D eigenvalue weighted by Crippen LogP contribution is -2.34. The van der Waals surface area contributed by atoms with Crippen LogP contribution in [0.15, 0.2) is 30.3 Å². The highest BCUT2D eigenvalue weighted by molar-refractivity contribution is 5.65. The Morgan fingerprint density at radius 3 is 2.40 bits per heavy atom. The minimum atomic E-state index is -0.296. The second kappa shape index (κ2) is 8.72. The van der Waals surface area contributed by atoms with Crippen LogP contribution in [0.25, 0.3) is 0 Å². The minimum Gasteiger partial charge on any atom is -0.465 e. The van der Waals surface area contributed by atoms with Gasteiger partial charge in [-0.15, -0.1) is 0 Å². The normalized spacial score (nSPS) is 15.4. The van der Waals surface area contributed by atoms with E-state index < -0.39 is 0 Å². The van der Waals surface area contributed by atoms with Crippen LogP contribution in [0, 0.1) is 11.8 Å². The molecule has 0 heterocycles. The number of hydrogen-bond acceptors (Lipinski definition) is 4. The smallest absolute Gasteiger partial charge is 0.302 e. The lowest BCUT2D eigenvalue weighted by atomic mass is 9.94. The molecular formula is C16H24O4. The van der Waals surface area contributed by atoms with Gasteiger partial charge in [-0.3, -0.25) is 4.79 Å². The molecule has 0 saturated heterocycles. The average Bonchev–Trinajstić information content (AvgIpc) is 2.46. The molecule has 0 bridgehead atoms. The summed E-state index contributed by atoms with van der Waals surface area (Å²) in [6, 6.07) is 9.88. The molecule has 0 saturated carbocycles. The van der Waals surface area contributed by atoms with E-state index >= 15 is 0 Å². The van der Waals surface area contributed by atoms with E-state index in [0.29, 0.717) is 13.2 Å². The van der Waals surface area contributed by atoms with Crippen LogP contribution < -0.4 is 0 Å². The van der Waals surface area contributed by atoms with Gasteiger partial charge in [0.2, 0.25) is 0 Å². The summed E-state index contributed by atoms with van der Waals surface area (Å²) in [7, 11) is 0. The third-order valence-electron chi connectivity index (χ3n) is 3.24. The van der Waals surface area contributed by atoms with Gasteiger partial charge in [-0.05, 0) is 5.56 Å². The molecule has 20 heavy (non-hydrogen) atoms. The quantitative estimate of drug-likeness (QED) is 0.743. The summed E-state index contributed by atoms with van der Waals surface area (Å²) < 4.78 is 11.0. The summed E-state index contributed by atoms with van der Waals surface area (Å²) in [5, 5.41) is 9.34. The van der Waals surface area contributed by atoms with Crippen LogP contribution in [-0.2, 0) is 20.9 Å². The van der Waals surface area contributed by atoms with Crippen LogP contribution >= 0.6 is 0 Å². The molecule has 4 nitrogen and oxygen atoms in total. The van der Waals surface area contributed by atoms with E-state index in [9.17, 15) is 9.90 Å². The lowest BCUT2D eigenvalue weighted by Gasteiger charge is -2.28. The topological polar surface area (TPSA) is 55.8 Å². The Hall–Kier alpha value is -1.39. The fraction of sp³-hybridized carbons (Fsp3) is 0.562. The van der Waals surface area contributed by atoms with Crippen molar-refractivity contribution >= 4 is 5.97 Å². The molecular weight excluding hydrogens is 256 g/mol. The van der Waals surface area contributed by atoms with Crippen molar-refractivity contribution in [1.29, 1.82) is 0 Å². The Kier molecular flexibility index (Phi) is 7.26. The van der Waals surface area contributed by atoms with Gasteiger partial charge in [-0.25, -0.2) is 0 Å². The molecule has 1 N–H and O–H groups in total. The number of benzene rings is 1. The molecule has 0 aliphatic heterocycles. The first kappa shape index (κ1) is 16.7. The zero-order valence-electron chi connectivity index (χ0n) is 12.4. The van der Waals surface area contributed by atoms with E-state index in [2.05, 4.69) is 0 Å². The average molecular weight is 280 g/mol. The molecule has 1 aromatic rings. The predicted octanol–water partition coefficient (Wildman–Crippen LogP) is 2.40. The summed E-state index contributed by atoms with van der Waals surface area (Å²) in [6.07, 6.45) is -0.153. The van der Waals surface area contributed by atoms with Crippen molar-refractivity contribution in [1.82, 2.24) is 0 Å². The fourth-order valence-corrected chi connectivity index (χ4v) is 2.10. The number of hydrogen-bond donors (Lipinski definition) is 1. The molecule has 0 aliphatic carbocycles. The molecule has 0 fully saturated rings. The van der Waals surface area contributed by atoms with Crippen LogP contribution in [0.5, 0.6) is 0 Å². The summed E-state index contributed by atoms with van der Waals surface area (Å²) in [6.45, 7) is 6.12. The highest BCUT2D eigenvalue weighted by Crippen LogP contribution is 2.19. The third-order valence-corrected chi connectivity index (χ3v) is 3.24. The van der Waals surface area contributed by atoms with Crippen LogP contribution in [0.4, 0.5) is 0 Å². The van der Waals surface area contributed by atoms with Crippen LogP contribution in [-0.4, -0.2) is 30.4 Å². The summed E-state index contributed by atoms with van der Waals surface area (Å²) in [4.78, 5) is 10.9. The first-order valence-electron chi connectivity index (χ1n) is 6.94. The summed E-state index contributed by atoms with van der Waals surface area (Å²) >= 11 is 0. The highest BCUT2D eigenvalue weighted by atomic mass is 16.5. The molecule has 4 heteroatoms. The molecule has 1 rings (SSSR count). The minimum absolute atomic E-state index is 0.00993. The monoisotopic (exact) mass is 280 g/mol. The van der Waals surface area contributed by atoms with Crippen molar-refractivity contribution < 1.29 is 19.4 Å². The fourth-order valence-electron chi connectivity index (χ4n) is 2.10. The van der Waals surface area contributed by atoms with Gasteiger partial charge in [0.05, 0.1) is 19.3 Å². The van der Waals surface area contributed by atoms with Crippen molar-refractivity contribution in [2.75, 3.05) is 13.2 Å². The van der Waals surface area contributed by atoms with Gasteiger partial charge in [-0.2, -0.15) is 0 Å². The third kappa shape index (κ3) is 5.72. The maximum absolute atomic E-state index is 10.9. The first-order chi connectivity index (χ1) is 9.54. The number of rotatable bonds is 8. The van der Waals surface area contributed by atoms with Crippen molar-refractivity contribution in [3.63, 3.8) is 0 Å². The van der Waals surface area contributed by atoms with E-state index in [-0.39, 0.29) is 30.5 Å². The number of esters is 1. The Morgan fingerprint density at radius 1 is 1.20 bits per heavy atom. The van der Waals surface area contributed by atoms with Crippen molar-refractivity contribution in [2.45, 2.75) is 33.5 Å². The second-order valence-electron chi connectivity index (χ2n) is 5.20. The van der Waals surface area contributed by atoms with Crippen molar-refractivity contribution in [3.8, 4) is 0 Å². The standard InChI is InChI=1S/C16H24O4/c1-12(9-17)16(13(2)10-19-14(3)18)20-11-15-7-5-4-6-8-15/h4-8,12-13,16-17H,9-11H2,1-3H3/t12-,13-,16+/m0/s1. The van der Waals surface area contributed by atoms with Crippen molar-refractivity contribution in [3.05, 3.63) is 35.9 Å². The van der Waals surface area contributed by atoms with Crippen molar-refractivity contribution in [2.24, 2.45) is 11.8 Å². The van der Waals surface area contributed by atoms with Crippen LogP contribution in [0.3, 0.4) is 0 Å². The zero-order valence-corrected chi connectivity index (χ0v) is 12.4. The Balaban J connectivity index is 2.57. The Morgan fingerprint density at radius 2 is 1.85 bits per heavy atom. The zero-order chi connectivity index (χ0) is 15.0. The van der Waals surface area contributed by atoms with E-state index in [1.165, 1.54) is 6.92 Å². The summed E-state index contributed by atoms with van der Waals surface area (Å²) in [5.74, 6) is -0.274. The van der Waals surface area contributed by atoms with Gasteiger partial charge in [-0.1, -0.05) is 44.2 Å². The number of ether oxygens (including phenoxy) is 2. The maximum atomic E-state index is 10.9. The molecule has 112 valence electrons. The summed E-state index contributed by atoms with van der Waals surface area (Å²) in [5.41, 5.74) is 1.09. The maximum Gasteiger partial charge on any atom is 0.302 e. The van der Waals surface area contributed by atoms with Gasteiger partial charge < -0.3 is 14.6 Å². The lowest BCUT2D eigenvalue weighted by molar-refractivity contribution is -0.145. The van der Waals surface area contributed by atoms with E-state index in [1.54, 1.807) is 0 Å². The van der Waals surface area contributed by atoms with E-state index in [4.69, 9.17) is 9.47 Å². The number of aliphatic hydroxyl groups is 1. The Bertz CT molecular complexity index is 391. The molecule has 3 atom stereocenters. The number of carbonyl (C=O) groups is 1. The SMILES string of the molecule is CC(=O)OC[C@H](C)[C@H](OCc1ccccc1)[C@@H](C)CO. The molecule has 0 aromatic heterocycles. The van der Waals surface area contributed by atoms with Gasteiger partial charge >= 0.3 is 5.97 Å². The largest absolute Gasteiger partial charge is 0.465 e. The van der Waals surface area contributed by atoms with Gasteiger partial charge in [0, 0.05) is 25.4 Å². The van der Waals surface area contributed by atoms with E-state index in [0.717, 1.165) is 5.56 Å². The van der Waals surface area contributed by atoms with Gasteiger partial charge in [0.25, 0.3) is 0 Å². The molecule has 0 radical (unpaired) electrons. The number of carbonyl (C=O) groups excluding carboxylic acids is 1. The van der Waals surface area contributed by atoms with Gasteiger partial charge in [0.15, 0.2) is 0 Å². The number of aliphatic hydroxyl groups excluding tert-OH is 1.